The zero-order valence-corrected chi connectivity index (χ0v) is 17.8. The molecular formula is C19H21Br2NO3. The van der Waals surface area contributed by atoms with Crippen LogP contribution >= 0.6 is 31.9 Å². The second-order valence-electron chi connectivity index (χ2n) is 6.00. The average molecular weight is 471 g/mol. The molecule has 2 aromatic rings. The van der Waals surface area contributed by atoms with Gasteiger partial charge in [0.25, 0.3) is 5.91 Å². The third-order valence-corrected chi connectivity index (χ3v) is 4.92. The summed E-state index contributed by atoms with van der Waals surface area (Å²) in [5.74, 6) is 1.53. The van der Waals surface area contributed by atoms with E-state index in [9.17, 15) is 4.79 Å². The van der Waals surface area contributed by atoms with Crippen molar-refractivity contribution in [3.8, 4) is 11.5 Å². The third kappa shape index (κ3) is 5.22. The van der Waals surface area contributed by atoms with Gasteiger partial charge in [-0.25, -0.2) is 0 Å². The van der Waals surface area contributed by atoms with E-state index in [4.69, 9.17) is 9.47 Å². The van der Waals surface area contributed by atoms with Crippen LogP contribution in [0.3, 0.4) is 0 Å². The van der Waals surface area contributed by atoms with Crippen molar-refractivity contribution in [2.24, 2.45) is 0 Å². The van der Waals surface area contributed by atoms with Crippen LogP contribution in [0.2, 0.25) is 0 Å². The molecule has 6 heteroatoms. The second-order valence-corrected chi connectivity index (χ2v) is 7.71. The SMILES string of the molecule is COc1cc(Br)c(NC(=O)COc2cc(C)ccc2C(C)C)c(Br)c1. The number of anilines is 1. The van der Waals surface area contributed by atoms with Crippen LogP contribution in [-0.4, -0.2) is 19.6 Å². The van der Waals surface area contributed by atoms with Gasteiger partial charge >= 0.3 is 0 Å². The van der Waals surface area contributed by atoms with Crippen LogP contribution in [0.25, 0.3) is 0 Å². The lowest BCUT2D eigenvalue weighted by atomic mass is 10.0. The van der Waals surface area contributed by atoms with Gasteiger partial charge in [0.2, 0.25) is 0 Å². The van der Waals surface area contributed by atoms with Gasteiger partial charge < -0.3 is 14.8 Å². The molecule has 0 unspecified atom stereocenters. The van der Waals surface area contributed by atoms with Gasteiger partial charge in [-0.2, -0.15) is 0 Å². The Morgan fingerprint density at radius 1 is 1.16 bits per heavy atom. The van der Waals surface area contributed by atoms with Crippen molar-refractivity contribution in [2.75, 3.05) is 19.0 Å². The van der Waals surface area contributed by atoms with Gasteiger partial charge in [0.1, 0.15) is 11.5 Å². The van der Waals surface area contributed by atoms with Crippen LogP contribution < -0.4 is 14.8 Å². The maximum absolute atomic E-state index is 12.3. The van der Waals surface area contributed by atoms with Crippen molar-refractivity contribution >= 4 is 43.5 Å². The molecule has 0 aliphatic carbocycles. The normalized spacial score (nSPS) is 10.7. The summed E-state index contributed by atoms with van der Waals surface area (Å²) >= 11 is 6.88. The molecule has 0 aliphatic rings. The van der Waals surface area contributed by atoms with Gasteiger partial charge in [0, 0.05) is 8.95 Å². The molecule has 1 amide bonds. The topological polar surface area (TPSA) is 47.6 Å². The molecule has 0 atom stereocenters. The first-order chi connectivity index (χ1) is 11.8. The largest absolute Gasteiger partial charge is 0.497 e. The number of carbonyl (C=O) groups excluding carboxylic acids is 1. The molecule has 0 fully saturated rings. The second kappa shape index (κ2) is 8.72. The summed E-state index contributed by atoms with van der Waals surface area (Å²) in [4.78, 5) is 12.3. The lowest BCUT2D eigenvalue weighted by Crippen LogP contribution is -2.21. The van der Waals surface area contributed by atoms with E-state index in [0.717, 1.165) is 25.8 Å². The molecule has 25 heavy (non-hydrogen) atoms. The zero-order chi connectivity index (χ0) is 18.6. The number of halogens is 2. The number of ether oxygens (including phenoxy) is 2. The molecule has 0 radical (unpaired) electrons. The number of nitrogens with one attached hydrogen (secondary N) is 1. The predicted molar refractivity (Wildman–Crippen MR) is 108 cm³/mol. The Bertz CT molecular complexity index is 752. The number of amides is 1. The van der Waals surface area contributed by atoms with Crippen LogP contribution in [-0.2, 0) is 4.79 Å². The summed E-state index contributed by atoms with van der Waals surface area (Å²) in [5.41, 5.74) is 2.83. The monoisotopic (exact) mass is 469 g/mol. The van der Waals surface area contributed by atoms with Crippen molar-refractivity contribution in [3.63, 3.8) is 0 Å². The number of benzene rings is 2. The van der Waals surface area contributed by atoms with Gasteiger partial charge in [0.05, 0.1) is 12.8 Å². The van der Waals surface area contributed by atoms with Crippen molar-refractivity contribution in [1.82, 2.24) is 0 Å². The Labute approximate surface area is 165 Å². The maximum Gasteiger partial charge on any atom is 0.262 e. The Kier molecular flexibility index (Phi) is 6.90. The number of carbonyl (C=O) groups is 1. The third-order valence-electron chi connectivity index (χ3n) is 3.67. The molecular weight excluding hydrogens is 450 g/mol. The summed E-state index contributed by atoms with van der Waals surface area (Å²) in [7, 11) is 1.59. The number of hydrogen-bond acceptors (Lipinski definition) is 3. The van der Waals surface area contributed by atoms with Crippen LogP contribution in [0.1, 0.15) is 30.9 Å². The highest BCUT2D eigenvalue weighted by Gasteiger charge is 2.14. The van der Waals surface area contributed by atoms with Gasteiger partial charge in [-0.15, -0.1) is 0 Å². The molecule has 1 N–H and O–H groups in total. The highest BCUT2D eigenvalue weighted by atomic mass is 79.9. The van der Waals surface area contributed by atoms with Crippen molar-refractivity contribution in [3.05, 3.63) is 50.4 Å². The Morgan fingerprint density at radius 3 is 2.36 bits per heavy atom. The highest BCUT2D eigenvalue weighted by molar-refractivity contribution is 9.11. The molecule has 2 rings (SSSR count). The summed E-state index contributed by atoms with van der Waals surface area (Å²) in [6, 6.07) is 9.64. The van der Waals surface area contributed by atoms with Crippen LogP contribution in [0.5, 0.6) is 11.5 Å². The van der Waals surface area contributed by atoms with E-state index < -0.39 is 0 Å². The quantitative estimate of drug-likeness (QED) is 0.591. The van der Waals surface area contributed by atoms with Gasteiger partial charge in [0.15, 0.2) is 6.61 Å². The molecule has 0 saturated heterocycles. The van der Waals surface area contributed by atoms with Crippen LogP contribution in [0.15, 0.2) is 39.3 Å². The van der Waals surface area contributed by atoms with E-state index >= 15 is 0 Å². The molecule has 0 aromatic heterocycles. The molecule has 0 aliphatic heterocycles. The van der Waals surface area contributed by atoms with E-state index in [1.54, 1.807) is 19.2 Å². The van der Waals surface area contributed by atoms with Gasteiger partial charge in [-0.05, 0) is 74.0 Å². The predicted octanol–water partition coefficient (Wildman–Crippen LogP) is 5.67. The molecule has 134 valence electrons. The standard InChI is InChI=1S/C19H21Br2NO3/c1-11(2)14-6-5-12(3)7-17(14)25-10-18(23)22-19-15(20)8-13(24-4)9-16(19)21/h5-9,11H,10H2,1-4H3,(H,22,23). The Balaban J connectivity index is 2.09. The van der Waals surface area contributed by atoms with Gasteiger partial charge in [-0.3, -0.25) is 4.79 Å². The first-order valence-corrected chi connectivity index (χ1v) is 9.46. The fourth-order valence-corrected chi connectivity index (χ4v) is 3.69. The summed E-state index contributed by atoms with van der Waals surface area (Å²) in [6.07, 6.45) is 0. The first-order valence-electron chi connectivity index (χ1n) is 7.88. The molecule has 0 heterocycles. The minimum absolute atomic E-state index is 0.0614. The smallest absolute Gasteiger partial charge is 0.262 e. The molecule has 4 nitrogen and oxygen atoms in total. The van der Waals surface area contributed by atoms with E-state index in [1.807, 2.05) is 25.1 Å². The van der Waals surface area contributed by atoms with Crippen LogP contribution in [0, 0.1) is 6.92 Å². The average Bonchev–Trinajstić information content (AvgIpc) is 2.55. The number of methoxy groups -OCH3 is 1. The number of rotatable bonds is 6. The highest BCUT2D eigenvalue weighted by Crippen LogP contribution is 2.35. The summed E-state index contributed by atoms with van der Waals surface area (Å²) < 4.78 is 12.4. The van der Waals surface area contributed by atoms with E-state index in [1.165, 1.54) is 0 Å². The van der Waals surface area contributed by atoms with Crippen molar-refractivity contribution in [2.45, 2.75) is 26.7 Å². The van der Waals surface area contributed by atoms with E-state index in [0.29, 0.717) is 17.4 Å². The van der Waals surface area contributed by atoms with E-state index in [-0.39, 0.29) is 12.5 Å². The fraction of sp³-hybridized carbons (Fsp3) is 0.316. The minimum atomic E-state index is -0.234. The van der Waals surface area contributed by atoms with Crippen LogP contribution in [0.4, 0.5) is 5.69 Å². The minimum Gasteiger partial charge on any atom is -0.497 e. The fourth-order valence-electron chi connectivity index (χ4n) is 2.35. The van der Waals surface area contributed by atoms with Crippen molar-refractivity contribution in [1.29, 1.82) is 0 Å². The summed E-state index contributed by atoms with van der Waals surface area (Å²) in [5, 5.41) is 2.85. The lowest BCUT2D eigenvalue weighted by Gasteiger charge is -2.15. The lowest BCUT2D eigenvalue weighted by molar-refractivity contribution is -0.118. The maximum atomic E-state index is 12.3. The zero-order valence-electron chi connectivity index (χ0n) is 14.7. The molecule has 2 aromatic carbocycles. The molecule has 0 bridgehead atoms. The Morgan fingerprint density at radius 2 is 1.80 bits per heavy atom. The molecule has 0 saturated carbocycles. The van der Waals surface area contributed by atoms with Crippen molar-refractivity contribution < 1.29 is 14.3 Å². The first kappa shape index (κ1) is 19.8. The van der Waals surface area contributed by atoms with E-state index in [2.05, 4.69) is 51.0 Å². The Hall–Kier alpha value is -1.53. The number of aryl methyl sites for hydroxylation is 1. The van der Waals surface area contributed by atoms with Gasteiger partial charge in [-0.1, -0.05) is 26.0 Å². The molecule has 0 spiro atoms. The number of hydrogen-bond donors (Lipinski definition) is 1. The summed E-state index contributed by atoms with van der Waals surface area (Å²) in [6.45, 7) is 6.14.